The monoisotopic (exact) mass is 510 g/mol. The standard InChI is InChI=1S/C30H30N4O4/c1-33(18-20-10-4-2-5-11-20)30(38)27(21-12-6-3-7-13-21)32-28(36)26-16-22(35)19-34(26)29(37)24-17-31-25-15-9-8-14-23(24)25/h2-15,17,22,26-27,31,35H,16,18-19H2,1H3,(H,32,36)/t22-,26+,27+/m1/s1. The molecule has 1 aliphatic heterocycles. The molecule has 1 fully saturated rings. The number of carbonyl (C=O) groups excluding carboxylic acids is 3. The number of hydrogen-bond donors (Lipinski definition) is 3. The van der Waals surface area contributed by atoms with E-state index in [4.69, 9.17) is 0 Å². The number of likely N-dealkylation sites (N-methyl/N-ethyl adjacent to an activating group) is 1. The second-order valence-electron chi connectivity index (χ2n) is 9.64. The van der Waals surface area contributed by atoms with Crippen LogP contribution in [0.1, 0.15) is 33.9 Å². The van der Waals surface area contributed by atoms with Crippen LogP contribution in [0.3, 0.4) is 0 Å². The quantitative estimate of drug-likeness (QED) is 0.355. The number of hydrogen-bond acceptors (Lipinski definition) is 4. The van der Waals surface area contributed by atoms with Gasteiger partial charge in [0.05, 0.1) is 11.7 Å². The number of aromatic nitrogens is 1. The number of aromatic amines is 1. The van der Waals surface area contributed by atoms with Crippen molar-refractivity contribution < 1.29 is 19.5 Å². The van der Waals surface area contributed by atoms with E-state index in [0.29, 0.717) is 17.7 Å². The number of amides is 3. The molecule has 0 bridgehead atoms. The molecule has 8 nitrogen and oxygen atoms in total. The Labute approximate surface area is 220 Å². The lowest BCUT2D eigenvalue weighted by molar-refractivity contribution is -0.137. The summed E-state index contributed by atoms with van der Waals surface area (Å²) in [5.41, 5.74) is 2.85. The first-order valence-electron chi connectivity index (χ1n) is 12.6. The zero-order valence-electron chi connectivity index (χ0n) is 21.1. The van der Waals surface area contributed by atoms with E-state index in [1.807, 2.05) is 72.8 Å². The van der Waals surface area contributed by atoms with Gasteiger partial charge in [-0.3, -0.25) is 14.4 Å². The lowest BCUT2D eigenvalue weighted by Gasteiger charge is -2.28. The van der Waals surface area contributed by atoms with Crippen LogP contribution in [-0.4, -0.2) is 63.4 Å². The van der Waals surface area contributed by atoms with Gasteiger partial charge in [-0.2, -0.15) is 0 Å². The summed E-state index contributed by atoms with van der Waals surface area (Å²) in [5, 5.41) is 14.1. The largest absolute Gasteiger partial charge is 0.391 e. The van der Waals surface area contributed by atoms with Crippen molar-refractivity contribution in [1.82, 2.24) is 20.1 Å². The van der Waals surface area contributed by atoms with Gasteiger partial charge in [0, 0.05) is 43.7 Å². The zero-order chi connectivity index (χ0) is 26.6. The highest BCUT2D eigenvalue weighted by atomic mass is 16.3. The predicted molar refractivity (Wildman–Crippen MR) is 144 cm³/mol. The third-order valence-electron chi connectivity index (χ3n) is 6.97. The smallest absolute Gasteiger partial charge is 0.256 e. The maximum Gasteiger partial charge on any atom is 0.256 e. The highest BCUT2D eigenvalue weighted by Crippen LogP contribution is 2.26. The van der Waals surface area contributed by atoms with E-state index in [0.717, 1.165) is 16.5 Å². The van der Waals surface area contributed by atoms with Crippen LogP contribution in [0.15, 0.2) is 91.1 Å². The minimum Gasteiger partial charge on any atom is -0.391 e. The van der Waals surface area contributed by atoms with E-state index < -0.39 is 24.1 Å². The number of nitrogens with zero attached hydrogens (tertiary/aromatic N) is 2. The van der Waals surface area contributed by atoms with Crippen LogP contribution in [0.2, 0.25) is 0 Å². The summed E-state index contributed by atoms with van der Waals surface area (Å²) in [6, 6.07) is 24.2. The maximum absolute atomic E-state index is 13.6. The number of nitrogens with one attached hydrogen (secondary N) is 2. The Kier molecular flexibility index (Phi) is 7.24. The predicted octanol–water partition coefficient (Wildman–Crippen LogP) is 3.26. The fraction of sp³-hybridized carbons (Fsp3) is 0.233. The van der Waals surface area contributed by atoms with E-state index in [1.165, 1.54) is 4.90 Å². The van der Waals surface area contributed by atoms with Gasteiger partial charge >= 0.3 is 0 Å². The van der Waals surface area contributed by atoms with Gasteiger partial charge in [-0.25, -0.2) is 0 Å². The van der Waals surface area contributed by atoms with Crippen molar-refractivity contribution in [3.63, 3.8) is 0 Å². The second kappa shape index (κ2) is 10.9. The third-order valence-corrected chi connectivity index (χ3v) is 6.97. The highest BCUT2D eigenvalue weighted by Gasteiger charge is 2.41. The lowest BCUT2D eigenvalue weighted by Crippen LogP contribution is -2.49. The summed E-state index contributed by atoms with van der Waals surface area (Å²) in [6.45, 7) is 0.417. The third kappa shape index (κ3) is 5.17. The van der Waals surface area contributed by atoms with E-state index in [-0.39, 0.29) is 24.8 Å². The van der Waals surface area contributed by atoms with Crippen LogP contribution in [0.4, 0.5) is 0 Å². The minimum absolute atomic E-state index is 0.0360. The second-order valence-corrected chi connectivity index (χ2v) is 9.64. The zero-order valence-corrected chi connectivity index (χ0v) is 21.1. The molecular formula is C30H30N4O4. The first kappa shape index (κ1) is 25.2. The molecule has 0 saturated carbocycles. The first-order valence-corrected chi connectivity index (χ1v) is 12.6. The molecule has 0 spiro atoms. The summed E-state index contributed by atoms with van der Waals surface area (Å²) in [6.07, 6.45) is 0.878. The Morgan fingerprint density at radius 1 is 1.00 bits per heavy atom. The molecule has 3 N–H and O–H groups in total. The Hall–Kier alpha value is -4.43. The van der Waals surface area contributed by atoms with Crippen molar-refractivity contribution in [2.45, 2.75) is 31.2 Å². The number of para-hydroxylation sites is 1. The minimum atomic E-state index is -0.944. The highest BCUT2D eigenvalue weighted by molar-refractivity contribution is 6.08. The van der Waals surface area contributed by atoms with Crippen molar-refractivity contribution >= 4 is 28.6 Å². The number of H-pyrrole nitrogens is 1. The lowest BCUT2D eigenvalue weighted by atomic mass is 10.0. The van der Waals surface area contributed by atoms with Gasteiger partial charge in [0.15, 0.2) is 0 Å². The molecule has 0 radical (unpaired) electrons. The van der Waals surface area contributed by atoms with Gasteiger partial charge in [-0.1, -0.05) is 78.9 Å². The number of likely N-dealkylation sites (tertiary alicyclic amines) is 1. The Morgan fingerprint density at radius 3 is 2.39 bits per heavy atom. The molecule has 8 heteroatoms. The summed E-state index contributed by atoms with van der Waals surface area (Å²) < 4.78 is 0. The summed E-state index contributed by atoms with van der Waals surface area (Å²) in [5.74, 6) is -1.10. The number of fused-ring (bicyclic) bond motifs is 1. The van der Waals surface area contributed by atoms with Gasteiger partial charge < -0.3 is 25.2 Å². The number of carbonyl (C=O) groups is 3. The van der Waals surface area contributed by atoms with Crippen molar-refractivity contribution in [2.75, 3.05) is 13.6 Å². The van der Waals surface area contributed by atoms with Crippen molar-refractivity contribution in [1.29, 1.82) is 0 Å². The number of benzene rings is 3. The van der Waals surface area contributed by atoms with E-state index in [1.54, 1.807) is 30.3 Å². The number of β-amino-alcohol motifs (C(OH)–C–C–N with tert-alkyl or cyclic N) is 1. The van der Waals surface area contributed by atoms with E-state index >= 15 is 0 Å². The van der Waals surface area contributed by atoms with Gasteiger partial charge in [0.25, 0.3) is 5.91 Å². The van der Waals surface area contributed by atoms with Crippen LogP contribution in [-0.2, 0) is 16.1 Å². The van der Waals surface area contributed by atoms with E-state index in [2.05, 4.69) is 10.3 Å². The van der Waals surface area contributed by atoms with Crippen LogP contribution in [0, 0.1) is 0 Å². The van der Waals surface area contributed by atoms with Crippen molar-refractivity contribution in [3.05, 3.63) is 108 Å². The average molecular weight is 511 g/mol. The first-order chi connectivity index (χ1) is 18.4. The molecule has 0 aliphatic carbocycles. The molecule has 0 unspecified atom stereocenters. The van der Waals surface area contributed by atoms with Gasteiger partial charge in [-0.15, -0.1) is 0 Å². The molecule has 3 aromatic carbocycles. The van der Waals surface area contributed by atoms with E-state index in [9.17, 15) is 19.5 Å². The Morgan fingerprint density at radius 2 is 1.66 bits per heavy atom. The van der Waals surface area contributed by atoms with Gasteiger partial charge in [-0.05, 0) is 17.2 Å². The molecule has 1 saturated heterocycles. The Balaban J connectivity index is 1.38. The summed E-state index contributed by atoms with van der Waals surface area (Å²) in [4.78, 5) is 46.8. The number of aliphatic hydroxyl groups excluding tert-OH is 1. The molecule has 3 amide bonds. The van der Waals surface area contributed by atoms with Gasteiger partial charge in [0.1, 0.15) is 12.1 Å². The summed E-state index contributed by atoms with van der Waals surface area (Å²) in [7, 11) is 1.70. The van der Waals surface area contributed by atoms with Crippen LogP contribution in [0.25, 0.3) is 10.9 Å². The fourth-order valence-electron chi connectivity index (χ4n) is 5.02. The molecule has 194 valence electrons. The molecule has 1 aromatic heterocycles. The normalized spacial score (nSPS) is 17.8. The molecule has 2 heterocycles. The topological polar surface area (TPSA) is 106 Å². The van der Waals surface area contributed by atoms with Crippen molar-refractivity contribution in [3.8, 4) is 0 Å². The van der Waals surface area contributed by atoms with Crippen LogP contribution in [0.5, 0.6) is 0 Å². The SMILES string of the molecule is CN(Cc1ccccc1)C(=O)[C@@H](NC(=O)[C@@H]1C[C@@H](O)CN1C(=O)c1c[nH]c2ccccc12)c1ccccc1. The fourth-order valence-corrected chi connectivity index (χ4v) is 5.02. The van der Waals surface area contributed by atoms with Gasteiger partial charge in [0.2, 0.25) is 11.8 Å². The molecule has 5 rings (SSSR count). The van der Waals surface area contributed by atoms with Crippen LogP contribution < -0.4 is 5.32 Å². The molecule has 38 heavy (non-hydrogen) atoms. The molecule has 3 atom stereocenters. The number of aliphatic hydroxyl groups is 1. The average Bonchev–Trinajstić information content (AvgIpc) is 3.56. The van der Waals surface area contributed by atoms with Crippen molar-refractivity contribution in [2.24, 2.45) is 0 Å². The summed E-state index contributed by atoms with van der Waals surface area (Å²) >= 11 is 0. The molecule has 4 aromatic rings. The molecular weight excluding hydrogens is 480 g/mol. The Bertz CT molecular complexity index is 1440. The number of rotatable bonds is 7. The maximum atomic E-state index is 13.6. The van der Waals surface area contributed by atoms with Crippen LogP contribution >= 0.6 is 0 Å². The molecule has 1 aliphatic rings.